The van der Waals surface area contributed by atoms with Crippen LogP contribution in [0.3, 0.4) is 0 Å². The highest BCUT2D eigenvalue weighted by Gasteiger charge is 2.30. The third kappa shape index (κ3) is 3.15. The SMILES string of the molecule is CC(NCC1(O)CCSCC1)c1nc2c(s1)CCC2. The Morgan fingerprint density at radius 1 is 1.37 bits per heavy atom. The number of nitrogens with one attached hydrogen (secondary N) is 1. The summed E-state index contributed by atoms with van der Waals surface area (Å²) in [5.74, 6) is 2.16. The van der Waals surface area contributed by atoms with Gasteiger partial charge in [-0.05, 0) is 50.5 Å². The van der Waals surface area contributed by atoms with E-state index in [2.05, 4.69) is 12.2 Å². The molecule has 1 aliphatic heterocycles. The molecule has 1 aromatic rings. The third-order valence-electron chi connectivity index (χ3n) is 4.14. The summed E-state index contributed by atoms with van der Waals surface area (Å²) >= 11 is 3.80. The monoisotopic (exact) mass is 298 g/mol. The highest BCUT2D eigenvalue weighted by Crippen LogP contribution is 2.31. The Morgan fingerprint density at radius 3 is 2.89 bits per heavy atom. The van der Waals surface area contributed by atoms with Crippen molar-refractivity contribution >= 4 is 23.1 Å². The van der Waals surface area contributed by atoms with Crippen molar-refractivity contribution in [3.05, 3.63) is 15.6 Å². The Bertz CT molecular complexity index is 419. The number of thioether (sulfide) groups is 1. The molecule has 0 amide bonds. The van der Waals surface area contributed by atoms with Crippen LogP contribution < -0.4 is 5.32 Å². The van der Waals surface area contributed by atoms with Gasteiger partial charge in [-0.2, -0.15) is 11.8 Å². The minimum atomic E-state index is -0.500. The number of aromatic nitrogens is 1. The fraction of sp³-hybridized carbons (Fsp3) is 0.786. The zero-order valence-electron chi connectivity index (χ0n) is 11.4. The molecule has 19 heavy (non-hydrogen) atoms. The molecule has 1 atom stereocenters. The number of hydrogen-bond donors (Lipinski definition) is 2. The molecule has 1 aliphatic carbocycles. The van der Waals surface area contributed by atoms with Crippen LogP contribution in [0.1, 0.15) is 47.8 Å². The molecule has 1 aromatic heterocycles. The van der Waals surface area contributed by atoms with E-state index in [1.807, 2.05) is 23.1 Å². The number of rotatable bonds is 4. The van der Waals surface area contributed by atoms with E-state index in [4.69, 9.17) is 4.98 Å². The largest absolute Gasteiger partial charge is 0.389 e. The van der Waals surface area contributed by atoms with Gasteiger partial charge in [-0.1, -0.05) is 0 Å². The summed E-state index contributed by atoms with van der Waals surface area (Å²) in [6.45, 7) is 2.86. The molecule has 3 nitrogen and oxygen atoms in total. The number of aryl methyl sites for hydroxylation is 2. The van der Waals surface area contributed by atoms with Crippen molar-refractivity contribution in [2.45, 2.75) is 50.7 Å². The third-order valence-corrected chi connectivity index (χ3v) is 6.47. The van der Waals surface area contributed by atoms with Gasteiger partial charge in [0.1, 0.15) is 5.01 Å². The van der Waals surface area contributed by atoms with Crippen LogP contribution in [0.5, 0.6) is 0 Å². The lowest BCUT2D eigenvalue weighted by Gasteiger charge is -2.32. The molecule has 2 N–H and O–H groups in total. The second-order valence-corrected chi connectivity index (χ2v) is 8.05. The summed E-state index contributed by atoms with van der Waals surface area (Å²) in [6.07, 6.45) is 5.45. The van der Waals surface area contributed by atoms with E-state index in [0.29, 0.717) is 6.54 Å². The van der Waals surface area contributed by atoms with Crippen molar-refractivity contribution in [2.24, 2.45) is 0 Å². The van der Waals surface area contributed by atoms with Gasteiger partial charge in [0.2, 0.25) is 0 Å². The Morgan fingerprint density at radius 2 is 2.16 bits per heavy atom. The van der Waals surface area contributed by atoms with E-state index in [9.17, 15) is 5.11 Å². The molecule has 5 heteroatoms. The minimum Gasteiger partial charge on any atom is -0.389 e. The summed E-state index contributed by atoms with van der Waals surface area (Å²) in [7, 11) is 0. The predicted molar refractivity (Wildman–Crippen MR) is 82.1 cm³/mol. The van der Waals surface area contributed by atoms with Gasteiger partial charge in [0, 0.05) is 11.4 Å². The van der Waals surface area contributed by atoms with Crippen molar-refractivity contribution in [1.82, 2.24) is 10.3 Å². The first-order valence-electron chi connectivity index (χ1n) is 7.18. The van der Waals surface area contributed by atoms with Crippen LogP contribution >= 0.6 is 23.1 Å². The number of hydrogen-bond acceptors (Lipinski definition) is 5. The van der Waals surface area contributed by atoms with Crippen LogP contribution in [0.15, 0.2) is 0 Å². The zero-order chi connectivity index (χ0) is 13.3. The highest BCUT2D eigenvalue weighted by molar-refractivity contribution is 7.99. The van der Waals surface area contributed by atoms with E-state index >= 15 is 0 Å². The number of thiazole rings is 1. The van der Waals surface area contributed by atoms with Gasteiger partial charge in [-0.3, -0.25) is 0 Å². The molecule has 1 saturated heterocycles. The Labute approximate surface area is 123 Å². The molecule has 0 saturated carbocycles. The first-order chi connectivity index (χ1) is 9.16. The minimum absolute atomic E-state index is 0.259. The van der Waals surface area contributed by atoms with Gasteiger partial charge in [-0.25, -0.2) is 4.98 Å². The van der Waals surface area contributed by atoms with Crippen molar-refractivity contribution in [1.29, 1.82) is 0 Å². The smallest absolute Gasteiger partial charge is 0.110 e. The molecule has 0 bridgehead atoms. The molecular weight excluding hydrogens is 276 g/mol. The summed E-state index contributed by atoms with van der Waals surface area (Å²) in [5.41, 5.74) is 0.820. The first-order valence-corrected chi connectivity index (χ1v) is 9.15. The van der Waals surface area contributed by atoms with E-state index in [0.717, 1.165) is 30.8 Å². The molecule has 0 aromatic carbocycles. The molecule has 0 radical (unpaired) electrons. The van der Waals surface area contributed by atoms with Gasteiger partial charge >= 0.3 is 0 Å². The second kappa shape index (κ2) is 5.72. The molecule has 1 fully saturated rings. The fourth-order valence-corrected chi connectivity index (χ4v) is 5.19. The van der Waals surface area contributed by atoms with E-state index in [1.54, 1.807) is 0 Å². The molecule has 1 unspecified atom stereocenters. The maximum absolute atomic E-state index is 10.5. The zero-order valence-corrected chi connectivity index (χ0v) is 13.1. The molecule has 106 valence electrons. The van der Waals surface area contributed by atoms with E-state index in [-0.39, 0.29) is 6.04 Å². The van der Waals surface area contributed by atoms with Crippen LogP contribution in [0.2, 0.25) is 0 Å². The maximum Gasteiger partial charge on any atom is 0.110 e. The van der Waals surface area contributed by atoms with E-state index in [1.165, 1.54) is 28.4 Å². The number of nitrogens with zero attached hydrogens (tertiary/aromatic N) is 1. The predicted octanol–water partition coefficient (Wildman–Crippen LogP) is 2.54. The van der Waals surface area contributed by atoms with Crippen LogP contribution in [-0.2, 0) is 12.8 Å². The summed E-state index contributed by atoms with van der Waals surface area (Å²) in [5, 5.41) is 15.2. The van der Waals surface area contributed by atoms with Crippen LogP contribution in [0.4, 0.5) is 0 Å². The maximum atomic E-state index is 10.5. The van der Waals surface area contributed by atoms with Crippen LogP contribution in [0.25, 0.3) is 0 Å². The van der Waals surface area contributed by atoms with Gasteiger partial charge < -0.3 is 10.4 Å². The van der Waals surface area contributed by atoms with E-state index < -0.39 is 5.60 Å². The average Bonchev–Trinajstić information content (AvgIpc) is 2.97. The Balaban J connectivity index is 1.57. The van der Waals surface area contributed by atoms with Crippen LogP contribution in [-0.4, -0.2) is 33.7 Å². The molecule has 2 heterocycles. The average molecular weight is 298 g/mol. The lowest BCUT2D eigenvalue weighted by molar-refractivity contribution is 0.0300. The summed E-state index contributed by atoms with van der Waals surface area (Å²) < 4.78 is 0. The quantitative estimate of drug-likeness (QED) is 0.897. The van der Waals surface area contributed by atoms with Crippen molar-refractivity contribution in [3.8, 4) is 0 Å². The second-order valence-electron chi connectivity index (χ2n) is 5.71. The topological polar surface area (TPSA) is 45.1 Å². The molecule has 0 spiro atoms. The van der Waals surface area contributed by atoms with Gasteiger partial charge in [0.05, 0.1) is 17.3 Å². The van der Waals surface area contributed by atoms with Crippen molar-refractivity contribution in [3.63, 3.8) is 0 Å². The van der Waals surface area contributed by atoms with Crippen LogP contribution in [0, 0.1) is 0 Å². The molecular formula is C14H22N2OS2. The Kier molecular flexibility index (Phi) is 4.17. The molecule has 3 rings (SSSR count). The summed E-state index contributed by atoms with van der Waals surface area (Å²) in [6, 6.07) is 0.259. The van der Waals surface area contributed by atoms with Gasteiger partial charge in [-0.15, -0.1) is 11.3 Å². The highest BCUT2D eigenvalue weighted by atomic mass is 32.2. The summed E-state index contributed by atoms with van der Waals surface area (Å²) in [4.78, 5) is 6.23. The van der Waals surface area contributed by atoms with Gasteiger partial charge in [0.25, 0.3) is 0 Å². The first kappa shape index (κ1) is 13.9. The number of aliphatic hydroxyl groups is 1. The van der Waals surface area contributed by atoms with Crippen molar-refractivity contribution in [2.75, 3.05) is 18.1 Å². The Hall–Kier alpha value is -0.100. The van der Waals surface area contributed by atoms with Crippen molar-refractivity contribution < 1.29 is 5.11 Å². The molecule has 2 aliphatic rings. The fourth-order valence-electron chi connectivity index (χ4n) is 2.75. The standard InChI is InChI=1S/C14H22N2OS2/c1-10(13-16-11-3-2-4-12(11)19-13)15-9-14(17)5-7-18-8-6-14/h10,15,17H,2-9H2,1H3. The lowest BCUT2D eigenvalue weighted by atomic mass is 9.96. The van der Waals surface area contributed by atoms with Gasteiger partial charge in [0.15, 0.2) is 0 Å². The normalized spacial score (nSPS) is 23.3. The number of fused-ring (bicyclic) bond motifs is 1. The lowest BCUT2D eigenvalue weighted by Crippen LogP contribution is -2.44.